The van der Waals surface area contributed by atoms with E-state index in [1.165, 1.54) is 36.7 Å². The number of aromatic nitrogens is 1. The molecule has 0 aliphatic heterocycles. The highest BCUT2D eigenvalue weighted by molar-refractivity contribution is 7.92. The molecule has 1 aromatic heterocycles. The summed E-state index contributed by atoms with van der Waals surface area (Å²) in [7, 11) is -2.01. The van der Waals surface area contributed by atoms with E-state index in [1.807, 2.05) is 37.3 Å². The van der Waals surface area contributed by atoms with Gasteiger partial charge in [-0.2, -0.15) is 0 Å². The van der Waals surface area contributed by atoms with Gasteiger partial charge in [0.05, 0.1) is 16.6 Å². The molecule has 0 saturated heterocycles. The molecule has 1 N–H and O–H groups in total. The third-order valence-electron chi connectivity index (χ3n) is 4.53. The SMILES string of the molecule is CC(c1ccccc1)N(C)C(=O)c1ccc(S(=O)(=O)Nc2ccncc2)cc1. The fourth-order valence-corrected chi connectivity index (χ4v) is 3.80. The van der Waals surface area contributed by atoms with E-state index in [0.29, 0.717) is 11.3 Å². The molecule has 28 heavy (non-hydrogen) atoms. The molecule has 0 radical (unpaired) electrons. The molecule has 0 bridgehead atoms. The third-order valence-corrected chi connectivity index (χ3v) is 5.92. The summed E-state index contributed by atoms with van der Waals surface area (Å²) < 4.78 is 27.4. The van der Waals surface area contributed by atoms with Crippen LogP contribution in [0, 0.1) is 0 Å². The lowest BCUT2D eigenvalue weighted by atomic mass is 10.1. The largest absolute Gasteiger partial charge is 0.335 e. The Morgan fingerprint density at radius 2 is 1.57 bits per heavy atom. The molecule has 6 nitrogen and oxygen atoms in total. The topological polar surface area (TPSA) is 79.4 Å². The molecule has 1 heterocycles. The zero-order valence-electron chi connectivity index (χ0n) is 15.6. The number of carbonyl (C=O) groups excluding carboxylic acids is 1. The normalized spacial score (nSPS) is 12.2. The first kappa shape index (κ1) is 19.6. The van der Waals surface area contributed by atoms with E-state index < -0.39 is 10.0 Å². The second-order valence-electron chi connectivity index (χ2n) is 6.37. The van der Waals surface area contributed by atoms with Crippen LogP contribution in [0.5, 0.6) is 0 Å². The zero-order valence-corrected chi connectivity index (χ0v) is 16.4. The highest BCUT2D eigenvalue weighted by Gasteiger charge is 2.20. The first-order chi connectivity index (χ1) is 13.4. The Labute approximate surface area is 164 Å². The van der Waals surface area contributed by atoms with Gasteiger partial charge in [-0.05, 0) is 48.9 Å². The minimum Gasteiger partial charge on any atom is -0.335 e. The van der Waals surface area contributed by atoms with Crippen LogP contribution < -0.4 is 4.72 Å². The van der Waals surface area contributed by atoms with Gasteiger partial charge in [0, 0.05) is 25.0 Å². The second kappa shape index (κ2) is 8.22. The monoisotopic (exact) mass is 395 g/mol. The number of hydrogen-bond donors (Lipinski definition) is 1. The summed E-state index contributed by atoms with van der Waals surface area (Å²) in [4.78, 5) is 18.3. The number of rotatable bonds is 6. The van der Waals surface area contributed by atoms with Crippen molar-refractivity contribution in [1.29, 1.82) is 0 Å². The molecule has 144 valence electrons. The summed E-state index contributed by atoms with van der Waals surface area (Å²) in [5.74, 6) is -0.178. The number of hydrogen-bond acceptors (Lipinski definition) is 4. The van der Waals surface area contributed by atoms with Crippen molar-refractivity contribution >= 4 is 21.6 Å². The van der Waals surface area contributed by atoms with Gasteiger partial charge in [0.15, 0.2) is 0 Å². The molecule has 0 saturated carbocycles. The lowest BCUT2D eigenvalue weighted by molar-refractivity contribution is 0.0742. The Hall–Kier alpha value is -3.19. The van der Waals surface area contributed by atoms with Crippen molar-refractivity contribution in [2.24, 2.45) is 0 Å². The molecular weight excluding hydrogens is 374 g/mol. The van der Waals surface area contributed by atoms with Crippen LogP contribution in [0.25, 0.3) is 0 Å². The minimum atomic E-state index is -3.74. The van der Waals surface area contributed by atoms with Gasteiger partial charge in [0.25, 0.3) is 15.9 Å². The van der Waals surface area contributed by atoms with Crippen molar-refractivity contribution in [2.45, 2.75) is 17.9 Å². The lowest BCUT2D eigenvalue weighted by Crippen LogP contribution is -2.29. The molecule has 0 spiro atoms. The van der Waals surface area contributed by atoms with E-state index in [0.717, 1.165) is 5.56 Å². The maximum absolute atomic E-state index is 12.8. The van der Waals surface area contributed by atoms with Gasteiger partial charge >= 0.3 is 0 Å². The molecule has 2 aromatic carbocycles. The van der Waals surface area contributed by atoms with Crippen LogP contribution in [0.1, 0.15) is 28.9 Å². The van der Waals surface area contributed by atoms with Gasteiger partial charge in [-0.3, -0.25) is 14.5 Å². The van der Waals surface area contributed by atoms with Crippen molar-refractivity contribution in [3.8, 4) is 0 Å². The van der Waals surface area contributed by atoms with Gasteiger partial charge in [-0.1, -0.05) is 30.3 Å². The van der Waals surface area contributed by atoms with Gasteiger partial charge in [0.1, 0.15) is 0 Å². The lowest BCUT2D eigenvalue weighted by Gasteiger charge is -2.25. The summed E-state index contributed by atoms with van der Waals surface area (Å²) >= 11 is 0. The zero-order chi connectivity index (χ0) is 20.1. The number of benzene rings is 2. The molecule has 3 aromatic rings. The summed E-state index contributed by atoms with van der Waals surface area (Å²) in [5.41, 5.74) is 1.87. The number of pyridine rings is 1. The molecule has 3 rings (SSSR count). The van der Waals surface area contributed by atoms with Crippen molar-refractivity contribution in [2.75, 3.05) is 11.8 Å². The average molecular weight is 395 g/mol. The number of nitrogens with one attached hydrogen (secondary N) is 1. The van der Waals surface area contributed by atoms with Gasteiger partial charge in [-0.15, -0.1) is 0 Å². The molecule has 1 unspecified atom stereocenters. The van der Waals surface area contributed by atoms with E-state index in [-0.39, 0.29) is 16.8 Å². The van der Waals surface area contributed by atoms with E-state index in [2.05, 4.69) is 9.71 Å². The Morgan fingerprint density at radius 3 is 2.18 bits per heavy atom. The van der Waals surface area contributed by atoms with Crippen LogP contribution >= 0.6 is 0 Å². The maximum atomic E-state index is 12.8. The number of sulfonamides is 1. The minimum absolute atomic E-state index is 0.0830. The van der Waals surface area contributed by atoms with Gasteiger partial charge in [-0.25, -0.2) is 8.42 Å². The van der Waals surface area contributed by atoms with E-state index in [1.54, 1.807) is 24.1 Å². The fourth-order valence-electron chi connectivity index (χ4n) is 2.75. The van der Waals surface area contributed by atoms with Crippen molar-refractivity contribution in [3.05, 3.63) is 90.3 Å². The smallest absolute Gasteiger partial charge is 0.261 e. The van der Waals surface area contributed by atoms with Gasteiger partial charge in [0.2, 0.25) is 0 Å². The first-order valence-corrected chi connectivity index (χ1v) is 10.2. The number of nitrogens with zero attached hydrogens (tertiary/aromatic N) is 2. The van der Waals surface area contributed by atoms with E-state index in [9.17, 15) is 13.2 Å². The maximum Gasteiger partial charge on any atom is 0.261 e. The van der Waals surface area contributed by atoms with Crippen LogP contribution in [0.3, 0.4) is 0 Å². The molecule has 1 atom stereocenters. The molecule has 1 amide bonds. The Bertz CT molecular complexity index is 1040. The Kier molecular flexibility index (Phi) is 5.75. The summed E-state index contributed by atoms with van der Waals surface area (Å²) in [5, 5.41) is 0. The van der Waals surface area contributed by atoms with Crippen molar-refractivity contribution < 1.29 is 13.2 Å². The number of amides is 1. The molecule has 0 aliphatic rings. The molecule has 7 heteroatoms. The first-order valence-electron chi connectivity index (χ1n) is 8.73. The summed E-state index contributed by atoms with van der Waals surface area (Å²) in [6.45, 7) is 1.95. The predicted octanol–water partition coefficient (Wildman–Crippen LogP) is 3.72. The quantitative estimate of drug-likeness (QED) is 0.690. The van der Waals surface area contributed by atoms with Crippen LogP contribution in [0.4, 0.5) is 5.69 Å². The molecular formula is C21H21N3O3S. The standard InChI is InChI=1S/C21H21N3O3S/c1-16(17-6-4-3-5-7-17)24(2)21(25)18-8-10-20(11-9-18)28(26,27)23-19-12-14-22-15-13-19/h3-16H,1-2H3,(H,22,23). The molecule has 0 fully saturated rings. The van der Waals surface area contributed by atoms with Crippen molar-refractivity contribution in [1.82, 2.24) is 9.88 Å². The highest BCUT2D eigenvalue weighted by Crippen LogP contribution is 2.21. The summed E-state index contributed by atoms with van der Waals surface area (Å²) in [6, 6.07) is 18.7. The van der Waals surface area contributed by atoms with Gasteiger partial charge < -0.3 is 4.90 Å². The van der Waals surface area contributed by atoms with Crippen LogP contribution in [0.15, 0.2) is 84.0 Å². The third kappa shape index (κ3) is 4.37. The van der Waals surface area contributed by atoms with E-state index in [4.69, 9.17) is 0 Å². The second-order valence-corrected chi connectivity index (χ2v) is 8.05. The predicted molar refractivity (Wildman–Crippen MR) is 108 cm³/mol. The number of carbonyl (C=O) groups is 1. The molecule has 0 aliphatic carbocycles. The number of anilines is 1. The van der Waals surface area contributed by atoms with Crippen molar-refractivity contribution in [3.63, 3.8) is 0 Å². The Balaban J connectivity index is 1.75. The Morgan fingerprint density at radius 1 is 0.964 bits per heavy atom. The average Bonchev–Trinajstić information content (AvgIpc) is 2.73. The van der Waals surface area contributed by atoms with Crippen LogP contribution in [-0.2, 0) is 10.0 Å². The fraction of sp³-hybridized carbons (Fsp3) is 0.143. The van der Waals surface area contributed by atoms with Crippen LogP contribution in [-0.4, -0.2) is 31.3 Å². The van der Waals surface area contributed by atoms with E-state index >= 15 is 0 Å². The highest BCUT2D eigenvalue weighted by atomic mass is 32.2. The summed E-state index contributed by atoms with van der Waals surface area (Å²) in [6.07, 6.45) is 3.01. The van der Waals surface area contributed by atoms with Crippen LogP contribution in [0.2, 0.25) is 0 Å².